The molecule has 2 bridgehead atoms. The monoisotopic (exact) mass is 393 g/mol. The maximum atomic E-state index is 11.3. The van der Waals surface area contributed by atoms with Gasteiger partial charge in [-0.15, -0.1) is 0 Å². The predicted octanol–water partition coefficient (Wildman–Crippen LogP) is 2.83. The van der Waals surface area contributed by atoms with Gasteiger partial charge in [0, 0.05) is 63.0 Å². The molecule has 6 nitrogen and oxygen atoms in total. The third-order valence-corrected chi connectivity index (χ3v) is 6.38. The fourth-order valence-corrected chi connectivity index (χ4v) is 4.81. The number of nitrogens with one attached hydrogen (secondary N) is 1. The van der Waals surface area contributed by atoms with Gasteiger partial charge in [-0.3, -0.25) is 9.69 Å². The van der Waals surface area contributed by atoms with E-state index in [0.717, 1.165) is 48.8 Å². The minimum Gasteiger partial charge on any atom is -0.378 e. The molecule has 3 aliphatic heterocycles. The number of aryl methyl sites for hydroxylation is 1. The van der Waals surface area contributed by atoms with E-state index in [1.165, 1.54) is 12.1 Å². The number of fused-ring (bicyclic) bond motifs is 3. The second kappa shape index (κ2) is 8.11. The van der Waals surface area contributed by atoms with Gasteiger partial charge >= 0.3 is 0 Å². The van der Waals surface area contributed by atoms with E-state index < -0.39 is 0 Å². The minimum absolute atomic E-state index is 0.0561. The lowest BCUT2D eigenvalue weighted by molar-refractivity contribution is -0.119. The molecule has 3 fully saturated rings. The van der Waals surface area contributed by atoms with Crippen LogP contribution in [0.25, 0.3) is 11.3 Å². The van der Waals surface area contributed by atoms with Gasteiger partial charge in [-0.25, -0.2) is 9.97 Å². The molecule has 0 saturated carbocycles. The summed E-state index contributed by atoms with van der Waals surface area (Å²) in [5.41, 5.74) is 4.48. The van der Waals surface area contributed by atoms with Crippen LogP contribution in [0.2, 0.25) is 0 Å². The van der Waals surface area contributed by atoms with Crippen molar-refractivity contribution in [2.75, 3.05) is 38.6 Å². The number of carbonyl (C=O) groups excluding carboxylic acids is 1. The van der Waals surface area contributed by atoms with Crippen molar-refractivity contribution in [2.24, 2.45) is 5.92 Å². The Kier molecular flexibility index (Phi) is 5.54. The molecule has 154 valence electrons. The van der Waals surface area contributed by atoms with Crippen LogP contribution in [0.4, 0.5) is 5.69 Å². The van der Waals surface area contributed by atoms with Gasteiger partial charge in [0.25, 0.3) is 0 Å². The van der Waals surface area contributed by atoms with Crippen molar-refractivity contribution in [3.8, 4) is 11.3 Å². The maximum absolute atomic E-state index is 11.3. The van der Waals surface area contributed by atoms with E-state index in [1.807, 2.05) is 6.92 Å². The zero-order valence-corrected chi connectivity index (χ0v) is 17.9. The van der Waals surface area contributed by atoms with E-state index in [9.17, 15) is 4.79 Å². The van der Waals surface area contributed by atoms with Crippen LogP contribution in [0.1, 0.15) is 37.2 Å². The lowest BCUT2D eigenvalue weighted by Gasteiger charge is -2.49. The third-order valence-electron chi connectivity index (χ3n) is 6.38. The summed E-state index contributed by atoms with van der Waals surface area (Å²) >= 11 is 0. The Labute approximate surface area is 173 Å². The molecule has 3 saturated heterocycles. The Morgan fingerprint density at radius 2 is 2.00 bits per heavy atom. The average molecular weight is 394 g/mol. The molecular weight excluding hydrogens is 362 g/mol. The smallest absolute Gasteiger partial charge is 0.216 e. The number of piperidine rings is 3. The number of carbonyl (C=O) groups is 1. The van der Waals surface area contributed by atoms with Crippen LogP contribution in [-0.2, 0) is 4.79 Å². The van der Waals surface area contributed by atoms with Gasteiger partial charge in [0.15, 0.2) is 0 Å². The number of aromatic nitrogens is 2. The SMILES string of the molecule is CC(=O)NCC1CC2CCN1CC2c1cc(-c2ccc(N(C)C)cc2)nc(C)n1. The van der Waals surface area contributed by atoms with E-state index in [1.54, 1.807) is 6.92 Å². The molecule has 4 atom stereocenters. The summed E-state index contributed by atoms with van der Waals surface area (Å²) in [6, 6.07) is 11.2. The molecule has 3 aliphatic rings. The molecule has 4 heterocycles. The van der Waals surface area contributed by atoms with Crippen molar-refractivity contribution in [3.63, 3.8) is 0 Å². The molecule has 1 amide bonds. The molecule has 5 rings (SSSR count). The molecule has 0 radical (unpaired) electrons. The zero-order valence-electron chi connectivity index (χ0n) is 17.9. The fourth-order valence-electron chi connectivity index (χ4n) is 4.81. The van der Waals surface area contributed by atoms with Gasteiger partial charge in [0.2, 0.25) is 5.91 Å². The summed E-state index contributed by atoms with van der Waals surface area (Å²) < 4.78 is 0. The van der Waals surface area contributed by atoms with E-state index in [-0.39, 0.29) is 5.91 Å². The molecule has 29 heavy (non-hydrogen) atoms. The van der Waals surface area contributed by atoms with Crippen LogP contribution < -0.4 is 10.2 Å². The summed E-state index contributed by atoms with van der Waals surface area (Å²) in [6.45, 7) is 6.47. The second-order valence-electron chi connectivity index (χ2n) is 8.64. The van der Waals surface area contributed by atoms with Gasteiger partial charge in [-0.05, 0) is 50.4 Å². The van der Waals surface area contributed by atoms with Crippen molar-refractivity contribution >= 4 is 11.6 Å². The van der Waals surface area contributed by atoms with Gasteiger partial charge in [-0.2, -0.15) is 0 Å². The number of anilines is 1. The number of amides is 1. The Balaban J connectivity index is 1.55. The first kappa shape index (κ1) is 19.8. The number of nitrogens with zero attached hydrogens (tertiary/aromatic N) is 4. The third kappa shape index (κ3) is 4.27. The molecule has 0 spiro atoms. The topological polar surface area (TPSA) is 61.4 Å². The normalized spacial score (nSPS) is 25.7. The summed E-state index contributed by atoms with van der Waals surface area (Å²) in [5.74, 6) is 1.96. The first-order chi connectivity index (χ1) is 13.9. The standard InChI is InChI=1S/C23H31N5O/c1-15-25-22(17-5-7-19(8-6-17)27(3)4)12-23(26-15)21-14-28-10-9-18(21)11-20(28)13-24-16(2)29/h5-8,12,18,20-21H,9-11,13-14H2,1-4H3,(H,24,29). The summed E-state index contributed by atoms with van der Waals surface area (Å²) in [4.78, 5) is 25.5. The minimum atomic E-state index is 0.0561. The second-order valence-corrected chi connectivity index (χ2v) is 8.64. The number of hydrogen-bond acceptors (Lipinski definition) is 5. The zero-order chi connectivity index (χ0) is 20.5. The number of rotatable bonds is 5. The predicted molar refractivity (Wildman–Crippen MR) is 116 cm³/mol. The van der Waals surface area contributed by atoms with Crippen LogP contribution in [-0.4, -0.2) is 60.5 Å². The van der Waals surface area contributed by atoms with E-state index >= 15 is 0 Å². The largest absolute Gasteiger partial charge is 0.378 e. The van der Waals surface area contributed by atoms with Crippen molar-refractivity contribution < 1.29 is 4.79 Å². The quantitative estimate of drug-likeness (QED) is 0.846. The van der Waals surface area contributed by atoms with Crippen molar-refractivity contribution in [1.82, 2.24) is 20.2 Å². The molecule has 0 aliphatic carbocycles. The lowest BCUT2D eigenvalue weighted by atomic mass is 9.74. The molecule has 1 aromatic heterocycles. The van der Waals surface area contributed by atoms with Crippen LogP contribution in [0.15, 0.2) is 30.3 Å². The van der Waals surface area contributed by atoms with Gasteiger partial charge < -0.3 is 10.2 Å². The Morgan fingerprint density at radius 1 is 1.24 bits per heavy atom. The molecule has 1 aromatic carbocycles. The summed E-state index contributed by atoms with van der Waals surface area (Å²) in [5, 5.41) is 3.00. The summed E-state index contributed by atoms with van der Waals surface area (Å²) in [7, 11) is 4.10. The van der Waals surface area contributed by atoms with Gasteiger partial charge in [0.05, 0.1) is 5.69 Å². The molecule has 4 unspecified atom stereocenters. The van der Waals surface area contributed by atoms with Crippen molar-refractivity contribution in [3.05, 3.63) is 41.9 Å². The highest BCUT2D eigenvalue weighted by atomic mass is 16.1. The number of benzene rings is 1. The Bertz CT molecular complexity index is 879. The molecule has 6 heteroatoms. The molecular formula is C23H31N5O. The highest BCUT2D eigenvalue weighted by molar-refractivity contribution is 5.72. The van der Waals surface area contributed by atoms with Gasteiger partial charge in [-0.1, -0.05) is 12.1 Å². The fraction of sp³-hybridized carbons (Fsp3) is 0.522. The van der Waals surface area contributed by atoms with E-state index in [4.69, 9.17) is 9.97 Å². The maximum Gasteiger partial charge on any atom is 0.216 e. The molecule has 1 N–H and O–H groups in total. The van der Waals surface area contributed by atoms with Crippen LogP contribution in [0.5, 0.6) is 0 Å². The first-order valence-electron chi connectivity index (χ1n) is 10.5. The Morgan fingerprint density at radius 3 is 2.62 bits per heavy atom. The van der Waals surface area contributed by atoms with Crippen molar-refractivity contribution in [1.29, 1.82) is 0 Å². The highest BCUT2D eigenvalue weighted by Gasteiger charge is 2.41. The first-order valence-corrected chi connectivity index (χ1v) is 10.5. The van der Waals surface area contributed by atoms with E-state index in [2.05, 4.69) is 59.5 Å². The van der Waals surface area contributed by atoms with Crippen LogP contribution in [0.3, 0.4) is 0 Å². The average Bonchev–Trinajstić information content (AvgIpc) is 2.72. The Hall–Kier alpha value is -2.47. The number of hydrogen-bond donors (Lipinski definition) is 1. The lowest BCUT2D eigenvalue weighted by Crippen LogP contribution is -2.56. The summed E-state index contributed by atoms with van der Waals surface area (Å²) in [6.07, 6.45) is 2.33. The van der Waals surface area contributed by atoms with E-state index in [0.29, 0.717) is 17.9 Å². The van der Waals surface area contributed by atoms with Crippen LogP contribution in [0, 0.1) is 12.8 Å². The van der Waals surface area contributed by atoms with Gasteiger partial charge in [0.1, 0.15) is 5.82 Å². The highest BCUT2D eigenvalue weighted by Crippen LogP contribution is 2.41. The van der Waals surface area contributed by atoms with Crippen molar-refractivity contribution in [2.45, 2.75) is 38.6 Å². The van der Waals surface area contributed by atoms with Crippen LogP contribution >= 0.6 is 0 Å². The molecule has 2 aromatic rings.